The smallest absolute Gasteiger partial charge is 0.326 e. The van der Waals surface area contributed by atoms with E-state index >= 15 is 0 Å². The third-order valence-electron chi connectivity index (χ3n) is 4.25. The van der Waals surface area contributed by atoms with Crippen molar-refractivity contribution < 1.29 is 34.4 Å². The van der Waals surface area contributed by atoms with Crippen molar-refractivity contribution in [2.24, 2.45) is 5.73 Å². The number of carbonyl (C=O) groups excluding carboxylic acids is 1. The number of carbonyl (C=O) groups is 3. The molecule has 0 aromatic heterocycles. The molecule has 0 aliphatic carbocycles. The Labute approximate surface area is 224 Å². The van der Waals surface area contributed by atoms with E-state index in [0.717, 1.165) is 12.7 Å². The van der Waals surface area contributed by atoms with E-state index in [0.29, 0.717) is 15.1 Å². The molecule has 0 aliphatic rings. The van der Waals surface area contributed by atoms with Gasteiger partial charge in [0.15, 0.2) is 5.75 Å². The number of aromatic hydroxyl groups is 1. The number of benzene rings is 2. The first kappa shape index (κ1) is 26.8. The number of ether oxygens (including phenoxy) is 1. The summed E-state index contributed by atoms with van der Waals surface area (Å²) in [7, 11) is 0. The summed E-state index contributed by atoms with van der Waals surface area (Å²) in [6.45, 7) is 0. The molecule has 1 amide bonds. The van der Waals surface area contributed by atoms with Crippen LogP contribution in [0.3, 0.4) is 0 Å². The SMILES string of the molecule is N[C@H](Cc1cc(I)c(Oc2ccc(O)c(I)c2)c(I)c1)C(=O)N[C@H](CCC(=O)O)C(=O)O. The molecule has 0 heterocycles. The lowest BCUT2D eigenvalue weighted by Crippen LogP contribution is -2.49. The average Bonchev–Trinajstić information content (AvgIpc) is 2.70. The van der Waals surface area contributed by atoms with E-state index in [-0.39, 0.29) is 25.0 Å². The number of hydrogen-bond donors (Lipinski definition) is 5. The van der Waals surface area contributed by atoms with Gasteiger partial charge in [-0.25, -0.2) is 4.79 Å². The summed E-state index contributed by atoms with van der Waals surface area (Å²) in [5.41, 5.74) is 6.72. The zero-order chi connectivity index (χ0) is 24.0. The predicted molar refractivity (Wildman–Crippen MR) is 141 cm³/mol. The Bertz CT molecular complexity index is 1010. The van der Waals surface area contributed by atoms with Gasteiger partial charge in [-0.05, 0) is 117 Å². The number of phenolic OH excluding ortho intramolecular Hbond substituents is 1. The molecular weight excluding hydrogens is 761 g/mol. The van der Waals surface area contributed by atoms with Crippen molar-refractivity contribution in [1.29, 1.82) is 0 Å². The number of halogens is 3. The Morgan fingerprint density at radius 3 is 2.19 bits per heavy atom. The maximum atomic E-state index is 12.3. The third kappa shape index (κ3) is 7.87. The van der Waals surface area contributed by atoms with Crippen LogP contribution in [0.15, 0.2) is 30.3 Å². The van der Waals surface area contributed by atoms with Gasteiger partial charge in [0.1, 0.15) is 17.5 Å². The number of nitrogens with one attached hydrogen (secondary N) is 1. The van der Waals surface area contributed by atoms with Gasteiger partial charge in [0.25, 0.3) is 0 Å². The molecular formula is C20H19I3N2O7. The highest BCUT2D eigenvalue weighted by atomic mass is 127. The van der Waals surface area contributed by atoms with Gasteiger partial charge in [0.2, 0.25) is 5.91 Å². The highest BCUT2D eigenvalue weighted by Crippen LogP contribution is 2.35. The minimum atomic E-state index is -1.33. The Balaban J connectivity index is 2.08. The normalized spacial score (nSPS) is 12.6. The molecule has 2 aromatic rings. The van der Waals surface area contributed by atoms with Crippen LogP contribution in [0.1, 0.15) is 18.4 Å². The van der Waals surface area contributed by atoms with Crippen molar-refractivity contribution in [1.82, 2.24) is 5.32 Å². The maximum Gasteiger partial charge on any atom is 0.326 e. The molecule has 0 aliphatic heterocycles. The standard InChI is InChI=1S/C20H19I3N2O7/c21-11-8-10(1-3-16(11)26)32-18-12(22)5-9(6-13(18)23)7-14(24)19(29)25-15(20(30)31)2-4-17(27)28/h1,3,5-6,8,14-15,26H,2,4,7,24H2,(H,25,29)(H,27,28)(H,30,31)/t14-,15-/m1/s1. The summed E-state index contributed by atoms with van der Waals surface area (Å²) in [6.07, 6.45) is -0.466. The molecule has 12 heteroatoms. The molecule has 0 unspecified atom stereocenters. The van der Waals surface area contributed by atoms with Crippen LogP contribution in [0.4, 0.5) is 0 Å². The molecule has 2 rings (SSSR count). The molecule has 2 aromatic carbocycles. The van der Waals surface area contributed by atoms with Gasteiger partial charge in [-0.15, -0.1) is 0 Å². The Morgan fingerprint density at radius 1 is 1.03 bits per heavy atom. The summed E-state index contributed by atoms with van der Waals surface area (Å²) in [5, 5.41) is 29.9. The van der Waals surface area contributed by atoms with Crippen LogP contribution in [-0.4, -0.2) is 45.2 Å². The monoisotopic (exact) mass is 780 g/mol. The van der Waals surface area contributed by atoms with Gasteiger partial charge in [0, 0.05) is 6.42 Å². The molecule has 0 saturated heterocycles. The van der Waals surface area contributed by atoms with Gasteiger partial charge >= 0.3 is 11.9 Å². The lowest BCUT2D eigenvalue weighted by atomic mass is 10.0. The Hall–Kier alpha value is -1.40. The van der Waals surface area contributed by atoms with E-state index in [1.807, 2.05) is 34.7 Å². The van der Waals surface area contributed by atoms with E-state index in [9.17, 15) is 24.6 Å². The van der Waals surface area contributed by atoms with Crippen molar-refractivity contribution in [2.75, 3.05) is 0 Å². The van der Waals surface area contributed by atoms with Crippen LogP contribution < -0.4 is 15.8 Å². The summed E-state index contributed by atoms with van der Waals surface area (Å²) in [4.78, 5) is 34.3. The number of carboxylic acids is 2. The van der Waals surface area contributed by atoms with E-state index in [4.69, 9.17) is 15.6 Å². The van der Waals surface area contributed by atoms with Crippen molar-refractivity contribution in [3.8, 4) is 17.2 Å². The first-order chi connectivity index (χ1) is 15.0. The van der Waals surface area contributed by atoms with Crippen LogP contribution in [0, 0.1) is 10.7 Å². The lowest BCUT2D eigenvalue weighted by Gasteiger charge is -2.18. The lowest BCUT2D eigenvalue weighted by molar-refractivity contribution is -0.143. The fraction of sp³-hybridized carbons (Fsp3) is 0.250. The number of rotatable bonds is 10. The minimum Gasteiger partial charge on any atom is -0.507 e. The molecule has 32 heavy (non-hydrogen) atoms. The summed E-state index contributed by atoms with van der Waals surface area (Å²) >= 11 is 6.22. The molecule has 2 atom stereocenters. The van der Waals surface area contributed by atoms with Gasteiger partial charge in [-0.1, -0.05) is 0 Å². The number of hydrogen-bond acceptors (Lipinski definition) is 6. The number of carboxylic acid groups (broad SMARTS) is 2. The zero-order valence-corrected chi connectivity index (χ0v) is 22.8. The minimum absolute atomic E-state index is 0.153. The van der Waals surface area contributed by atoms with Crippen LogP contribution >= 0.6 is 67.8 Å². The molecule has 0 saturated carbocycles. The maximum absolute atomic E-state index is 12.3. The molecule has 0 bridgehead atoms. The van der Waals surface area contributed by atoms with Crippen LogP contribution in [0.5, 0.6) is 17.2 Å². The Kier molecular flexibility index (Phi) is 10.2. The molecule has 0 spiro atoms. The van der Waals surface area contributed by atoms with E-state index in [1.165, 1.54) is 0 Å². The second kappa shape index (κ2) is 12.2. The third-order valence-corrected chi connectivity index (χ3v) is 6.72. The summed E-state index contributed by atoms with van der Waals surface area (Å²) in [6, 6.07) is 6.20. The van der Waals surface area contributed by atoms with E-state index in [2.05, 4.69) is 50.5 Å². The second-order valence-corrected chi connectivity index (χ2v) is 10.2. The molecule has 0 radical (unpaired) electrons. The van der Waals surface area contributed by atoms with Gasteiger partial charge in [-0.3, -0.25) is 9.59 Å². The van der Waals surface area contributed by atoms with Gasteiger partial charge < -0.3 is 31.1 Å². The van der Waals surface area contributed by atoms with Crippen molar-refractivity contribution in [3.05, 3.63) is 46.6 Å². The van der Waals surface area contributed by atoms with Crippen molar-refractivity contribution >= 4 is 85.6 Å². The number of amides is 1. The zero-order valence-electron chi connectivity index (χ0n) is 16.3. The van der Waals surface area contributed by atoms with Crippen molar-refractivity contribution in [2.45, 2.75) is 31.3 Å². The first-order valence-corrected chi connectivity index (χ1v) is 12.4. The van der Waals surface area contributed by atoms with Crippen molar-refractivity contribution in [3.63, 3.8) is 0 Å². The fourth-order valence-corrected chi connectivity index (χ4v) is 5.25. The summed E-state index contributed by atoms with van der Waals surface area (Å²) in [5.74, 6) is -1.79. The molecule has 0 fully saturated rings. The number of phenols is 1. The molecule has 9 nitrogen and oxygen atoms in total. The fourth-order valence-electron chi connectivity index (χ4n) is 2.65. The van der Waals surface area contributed by atoms with Crippen LogP contribution in [0.2, 0.25) is 0 Å². The average molecular weight is 780 g/mol. The predicted octanol–water partition coefficient (Wildman–Crippen LogP) is 3.30. The first-order valence-electron chi connectivity index (χ1n) is 9.12. The second-order valence-electron chi connectivity index (χ2n) is 6.75. The number of nitrogens with two attached hydrogens (primary N) is 1. The highest BCUT2D eigenvalue weighted by molar-refractivity contribution is 14.1. The van der Waals surface area contributed by atoms with Gasteiger partial charge in [-0.2, -0.15) is 0 Å². The number of aliphatic carboxylic acids is 2. The Morgan fingerprint density at radius 2 is 1.66 bits per heavy atom. The topological polar surface area (TPSA) is 159 Å². The van der Waals surface area contributed by atoms with Crippen LogP contribution in [0.25, 0.3) is 0 Å². The van der Waals surface area contributed by atoms with E-state index in [1.54, 1.807) is 18.2 Å². The van der Waals surface area contributed by atoms with Crippen LogP contribution in [-0.2, 0) is 20.8 Å². The van der Waals surface area contributed by atoms with E-state index < -0.39 is 29.9 Å². The summed E-state index contributed by atoms with van der Waals surface area (Å²) < 4.78 is 8.17. The van der Waals surface area contributed by atoms with Gasteiger partial charge in [0.05, 0.1) is 16.8 Å². The quantitative estimate of drug-likeness (QED) is 0.230. The molecule has 6 N–H and O–H groups in total. The highest BCUT2D eigenvalue weighted by Gasteiger charge is 2.24. The largest absolute Gasteiger partial charge is 0.507 e. The molecule has 172 valence electrons.